The van der Waals surface area contributed by atoms with Crippen LogP contribution < -0.4 is 9.47 Å². The summed E-state index contributed by atoms with van der Waals surface area (Å²) in [5, 5.41) is 3.81. The number of aromatic nitrogens is 1. The monoisotopic (exact) mass is 400 g/mol. The van der Waals surface area contributed by atoms with Gasteiger partial charge >= 0.3 is 0 Å². The van der Waals surface area contributed by atoms with E-state index in [1.54, 1.807) is 20.3 Å². The van der Waals surface area contributed by atoms with E-state index < -0.39 is 0 Å². The fraction of sp³-hybridized carbons (Fsp3) is 0.545. The minimum Gasteiger partial charge on any atom is -0.497 e. The largest absolute Gasteiger partial charge is 0.497 e. The van der Waals surface area contributed by atoms with Crippen molar-refractivity contribution in [3.8, 4) is 11.6 Å². The quantitative estimate of drug-likeness (QED) is 0.742. The fourth-order valence-electron chi connectivity index (χ4n) is 4.39. The molecule has 3 heterocycles. The number of amides is 1. The fourth-order valence-corrected chi connectivity index (χ4v) is 4.39. The molecule has 2 aliphatic heterocycles. The Bertz CT molecular complexity index is 843. The smallest absolute Gasteiger partial charge is 0.254 e. The van der Waals surface area contributed by atoms with Crippen molar-refractivity contribution in [2.24, 2.45) is 5.92 Å². The molecular weight excluding hydrogens is 372 g/mol. The third-order valence-corrected chi connectivity index (χ3v) is 6.05. The molecule has 4 rings (SSSR count). The van der Waals surface area contributed by atoms with Crippen LogP contribution in [-0.4, -0.2) is 49.4 Å². The summed E-state index contributed by atoms with van der Waals surface area (Å²) < 4.78 is 21.3. The Labute approximate surface area is 170 Å². The number of hydrogen-bond acceptors (Lipinski definition) is 6. The summed E-state index contributed by atoms with van der Waals surface area (Å²) in [6, 6.07) is 8.09. The summed E-state index contributed by atoms with van der Waals surface area (Å²) in [5.74, 6) is 2.58. The summed E-state index contributed by atoms with van der Waals surface area (Å²) in [6.07, 6.45) is 3.75. The van der Waals surface area contributed by atoms with E-state index in [-0.39, 0.29) is 11.9 Å². The molecule has 0 radical (unpaired) electrons. The molecule has 1 fully saturated rings. The molecule has 7 heteroatoms. The number of nitrogens with zero attached hydrogens (tertiary/aromatic N) is 2. The average Bonchev–Trinajstić information content (AvgIpc) is 3.25. The van der Waals surface area contributed by atoms with Crippen LogP contribution in [0.1, 0.15) is 36.1 Å². The lowest BCUT2D eigenvalue weighted by atomic mass is 9.82. The molecule has 0 spiro atoms. The molecule has 156 valence electrons. The molecule has 2 aromatic rings. The van der Waals surface area contributed by atoms with Crippen molar-refractivity contribution >= 4 is 5.91 Å². The van der Waals surface area contributed by atoms with E-state index in [1.165, 1.54) is 11.1 Å². The Morgan fingerprint density at radius 2 is 2.00 bits per heavy atom. The molecule has 0 N–H and O–H groups in total. The average molecular weight is 400 g/mol. The van der Waals surface area contributed by atoms with Crippen LogP contribution in [0.15, 0.2) is 28.8 Å². The van der Waals surface area contributed by atoms with Gasteiger partial charge in [0.05, 0.1) is 14.2 Å². The number of hydrogen-bond donors (Lipinski definition) is 0. The first kappa shape index (κ1) is 19.8. The van der Waals surface area contributed by atoms with Gasteiger partial charge in [-0.05, 0) is 53.6 Å². The molecule has 2 aliphatic rings. The van der Waals surface area contributed by atoms with Crippen LogP contribution in [0.5, 0.6) is 11.6 Å². The highest BCUT2D eigenvalue weighted by Crippen LogP contribution is 2.34. The molecule has 1 atom stereocenters. The van der Waals surface area contributed by atoms with Crippen LogP contribution in [0.4, 0.5) is 0 Å². The predicted molar refractivity (Wildman–Crippen MR) is 106 cm³/mol. The van der Waals surface area contributed by atoms with Gasteiger partial charge in [0.15, 0.2) is 0 Å². The Kier molecular flexibility index (Phi) is 6.04. The van der Waals surface area contributed by atoms with E-state index in [4.69, 9.17) is 18.7 Å². The SMILES string of the molecule is COc1ccc2c(c1)C[C@H](C1CCOCC1)N(C(=O)CCc1cc(OC)no1)C2. The van der Waals surface area contributed by atoms with Gasteiger partial charge in [0.2, 0.25) is 5.91 Å². The van der Waals surface area contributed by atoms with Crippen molar-refractivity contribution in [2.45, 2.75) is 44.7 Å². The minimum atomic E-state index is 0.151. The van der Waals surface area contributed by atoms with E-state index in [9.17, 15) is 4.79 Å². The second-order valence-electron chi connectivity index (χ2n) is 7.71. The van der Waals surface area contributed by atoms with Crippen molar-refractivity contribution < 1.29 is 23.5 Å². The Hall–Kier alpha value is -2.54. The zero-order valence-corrected chi connectivity index (χ0v) is 17.1. The lowest BCUT2D eigenvalue weighted by Gasteiger charge is -2.42. The zero-order valence-electron chi connectivity index (χ0n) is 17.1. The van der Waals surface area contributed by atoms with Crippen LogP contribution >= 0.6 is 0 Å². The molecule has 1 saturated heterocycles. The lowest BCUT2D eigenvalue weighted by molar-refractivity contribution is -0.137. The number of aryl methyl sites for hydroxylation is 1. The van der Waals surface area contributed by atoms with Gasteiger partial charge in [-0.1, -0.05) is 6.07 Å². The maximum atomic E-state index is 13.2. The molecule has 7 nitrogen and oxygen atoms in total. The number of carbonyl (C=O) groups is 1. The van der Waals surface area contributed by atoms with E-state index in [1.807, 2.05) is 6.07 Å². The first-order valence-corrected chi connectivity index (χ1v) is 10.2. The van der Waals surface area contributed by atoms with Gasteiger partial charge in [-0.25, -0.2) is 0 Å². The summed E-state index contributed by atoms with van der Waals surface area (Å²) in [5.41, 5.74) is 2.48. The van der Waals surface area contributed by atoms with Gasteiger partial charge in [-0.3, -0.25) is 4.79 Å². The van der Waals surface area contributed by atoms with E-state index in [0.29, 0.717) is 36.9 Å². The van der Waals surface area contributed by atoms with Crippen molar-refractivity contribution in [1.29, 1.82) is 0 Å². The number of ether oxygens (including phenoxy) is 3. The highest BCUT2D eigenvalue weighted by molar-refractivity contribution is 5.77. The van der Waals surface area contributed by atoms with Gasteiger partial charge in [0.25, 0.3) is 5.88 Å². The second-order valence-corrected chi connectivity index (χ2v) is 7.71. The van der Waals surface area contributed by atoms with E-state index in [0.717, 1.165) is 38.2 Å². The third kappa shape index (κ3) is 4.40. The summed E-state index contributed by atoms with van der Waals surface area (Å²) in [6.45, 7) is 2.18. The molecule has 29 heavy (non-hydrogen) atoms. The van der Waals surface area contributed by atoms with Crippen LogP contribution in [0.3, 0.4) is 0 Å². The van der Waals surface area contributed by atoms with Crippen LogP contribution in [-0.2, 0) is 28.9 Å². The highest BCUT2D eigenvalue weighted by atomic mass is 16.5. The van der Waals surface area contributed by atoms with Crippen molar-refractivity contribution in [3.05, 3.63) is 41.2 Å². The Morgan fingerprint density at radius 1 is 1.17 bits per heavy atom. The molecule has 0 bridgehead atoms. The molecule has 1 aromatic heterocycles. The number of methoxy groups -OCH3 is 2. The first-order chi connectivity index (χ1) is 14.2. The lowest BCUT2D eigenvalue weighted by Crippen LogP contribution is -2.49. The van der Waals surface area contributed by atoms with Crippen LogP contribution in [0, 0.1) is 5.92 Å². The molecule has 0 unspecified atom stereocenters. The molecule has 1 aromatic carbocycles. The number of fused-ring (bicyclic) bond motifs is 1. The maximum absolute atomic E-state index is 13.2. The van der Waals surface area contributed by atoms with Gasteiger partial charge in [-0.15, -0.1) is 0 Å². The summed E-state index contributed by atoms with van der Waals surface area (Å²) >= 11 is 0. The van der Waals surface area contributed by atoms with Crippen molar-refractivity contribution in [2.75, 3.05) is 27.4 Å². The van der Waals surface area contributed by atoms with Crippen molar-refractivity contribution in [3.63, 3.8) is 0 Å². The number of carbonyl (C=O) groups excluding carboxylic acids is 1. The van der Waals surface area contributed by atoms with Crippen molar-refractivity contribution in [1.82, 2.24) is 10.1 Å². The normalized spacial score (nSPS) is 19.7. The predicted octanol–water partition coefficient (Wildman–Crippen LogP) is 3.00. The van der Waals surface area contributed by atoms with Gasteiger partial charge in [0.1, 0.15) is 11.5 Å². The maximum Gasteiger partial charge on any atom is 0.254 e. The molecule has 1 amide bonds. The summed E-state index contributed by atoms with van der Waals surface area (Å²) in [4.78, 5) is 15.3. The minimum absolute atomic E-state index is 0.151. The molecule has 0 saturated carbocycles. The number of benzene rings is 1. The Balaban J connectivity index is 1.51. The summed E-state index contributed by atoms with van der Waals surface area (Å²) in [7, 11) is 3.24. The second kappa shape index (κ2) is 8.86. The van der Waals surface area contributed by atoms with E-state index >= 15 is 0 Å². The molecular formula is C22H28N2O5. The highest BCUT2D eigenvalue weighted by Gasteiger charge is 2.35. The third-order valence-electron chi connectivity index (χ3n) is 6.05. The van der Waals surface area contributed by atoms with Gasteiger partial charge in [0, 0.05) is 44.7 Å². The van der Waals surface area contributed by atoms with E-state index in [2.05, 4.69) is 22.2 Å². The van der Waals surface area contributed by atoms with Gasteiger partial charge < -0.3 is 23.6 Å². The zero-order chi connectivity index (χ0) is 20.2. The number of rotatable bonds is 6. The standard InChI is InChI=1S/C22H28N2O5/c1-26-18-4-3-16-14-24(22(25)6-5-19-13-21(27-2)23-29-19)20(12-17(16)11-18)15-7-9-28-10-8-15/h3-4,11,13,15,20H,5-10,12,14H2,1-2H3/t20-/m1/s1. The van der Waals surface area contributed by atoms with Gasteiger partial charge in [-0.2, -0.15) is 0 Å². The first-order valence-electron chi connectivity index (χ1n) is 10.2. The Morgan fingerprint density at radius 3 is 2.72 bits per heavy atom. The van der Waals surface area contributed by atoms with Crippen LogP contribution in [0.25, 0.3) is 0 Å². The molecule has 0 aliphatic carbocycles. The van der Waals surface area contributed by atoms with Crippen LogP contribution in [0.2, 0.25) is 0 Å². The topological polar surface area (TPSA) is 74.0 Å².